The number of hydrogen-bond donors (Lipinski definition) is 1. The Bertz CT molecular complexity index is 1030. The minimum absolute atomic E-state index is 0.206. The number of nitrogens with zero attached hydrogens (tertiary/aromatic N) is 4. The SMILES string of the molecule is N#C[C@@H]1C(=O)NC(N2CCc3ccccc3C2)=NC12CCN(Cc1ccccc1)CC2. The molecule has 0 bridgehead atoms. The summed E-state index contributed by atoms with van der Waals surface area (Å²) in [6.07, 6.45) is 2.38. The molecule has 3 aliphatic heterocycles. The summed E-state index contributed by atoms with van der Waals surface area (Å²) in [6, 6.07) is 21.1. The number of rotatable bonds is 2. The van der Waals surface area contributed by atoms with Gasteiger partial charge in [0.1, 0.15) is 0 Å². The molecule has 0 aliphatic carbocycles. The minimum Gasteiger partial charge on any atom is -0.338 e. The monoisotopic (exact) mass is 413 g/mol. The Balaban J connectivity index is 1.36. The Morgan fingerprint density at radius 3 is 2.48 bits per heavy atom. The molecule has 2 aromatic rings. The highest BCUT2D eigenvalue weighted by Crippen LogP contribution is 2.37. The van der Waals surface area contributed by atoms with E-state index in [0.717, 1.165) is 52.0 Å². The predicted octanol–water partition coefficient (Wildman–Crippen LogP) is 2.71. The summed E-state index contributed by atoms with van der Waals surface area (Å²) in [5.41, 5.74) is 3.30. The summed E-state index contributed by atoms with van der Waals surface area (Å²) in [5.74, 6) is -0.294. The molecule has 1 saturated heterocycles. The highest BCUT2D eigenvalue weighted by molar-refractivity contribution is 6.02. The van der Waals surface area contributed by atoms with Crippen LogP contribution in [0.1, 0.15) is 29.5 Å². The quantitative estimate of drug-likeness (QED) is 0.822. The van der Waals surface area contributed by atoms with Gasteiger partial charge in [0.15, 0.2) is 5.92 Å². The van der Waals surface area contributed by atoms with E-state index >= 15 is 0 Å². The fourth-order valence-corrected chi connectivity index (χ4v) is 5.08. The van der Waals surface area contributed by atoms with Gasteiger partial charge in [-0.15, -0.1) is 0 Å². The molecule has 31 heavy (non-hydrogen) atoms. The van der Waals surface area contributed by atoms with Crippen LogP contribution in [0.2, 0.25) is 0 Å². The highest BCUT2D eigenvalue weighted by Gasteiger charge is 2.49. The van der Waals surface area contributed by atoms with Crippen molar-refractivity contribution in [2.45, 2.75) is 37.9 Å². The molecule has 0 unspecified atom stereocenters. The maximum atomic E-state index is 12.9. The van der Waals surface area contributed by atoms with Gasteiger partial charge in [-0.1, -0.05) is 54.6 Å². The van der Waals surface area contributed by atoms with Crippen molar-refractivity contribution in [1.82, 2.24) is 15.1 Å². The van der Waals surface area contributed by atoms with E-state index in [0.29, 0.717) is 5.96 Å². The highest BCUT2D eigenvalue weighted by atomic mass is 16.2. The molecule has 1 spiro atoms. The van der Waals surface area contributed by atoms with Gasteiger partial charge >= 0.3 is 0 Å². The van der Waals surface area contributed by atoms with E-state index in [-0.39, 0.29) is 5.91 Å². The summed E-state index contributed by atoms with van der Waals surface area (Å²) in [7, 11) is 0. The van der Waals surface area contributed by atoms with Crippen LogP contribution in [0.15, 0.2) is 59.6 Å². The third-order valence-corrected chi connectivity index (χ3v) is 6.89. The first-order valence-electron chi connectivity index (χ1n) is 11.1. The molecule has 0 radical (unpaired) electrons. The molecule has 3 aliphatic rings. The van der Waals surface area contributed by atoms with Gasteiger partial charge in [0.2, 0.25) is 11.9 Å². The summed E-state index contributed by atoms with van der Waals surface area (Å²) in [5, 5.41) is 12.7. The molecule has 1 fully saturated rings. The molecule has 1 amide bonds. The number of nitrogens with one attached hydrogen (secondary N) is 1. The Morgan fingerprint density at radius 1 is 1.03 bits per heavy atom. The largest absolute Gasteiger partial charge is 0.338 e. The van der Waals surface area contributed by atoms with Crippen LogP contribution in [-0.4, -0.2) is 46.8 Å². The molecule has 158 valence electrons. The Labute approximate surface area is 183 Å². The molecule has 2 aromatic carbocycles. The number of carbonyl (C=O) groups excluding carboxylic acids is 1. The number of aliphatic imine (C=N–C) groups is 1. The van der Waals surface area contributed by atoms with Gasteiger partial charge in [-0.2, -0.15) is 5.26 Å². The van der Waals surface area contributed by atoms with E-state index < -0.39 is 11.5 Å². The lowest BCUT2D eigenvalue weighted by atomic mass is 9.76. The standard InChI is InChI=1S/C25H27N5O/c26-16-22-23(31)27-24(30-13-10-20-8-4-5-9-21(20)18-30)28-25(22)11-14-29(15-12-25)17-19-6-2-1-3-7-19/h1-9,22H,10-15,17-18H2,(H,27,28,31)/t22-/m1/s1. The average molecular weight is 414 g/mol. The summed E-state index contributed by atoms with van der Waals surface area (Å²) >= 11 is 0. The molecule has 1 N–H and O–H groups in total. The van der Waals surface area contributed by atoms with Gasteiger partial charge in [-0.05, 0) is 36.0 Å². The van der Waals surface area contributed by atoms with Crippen LogP contribution in [0, 0.1) is 17.2 Å². The molecule has 1 atom stereocenters. The van der Waals surface area contributed by atoms with Gasteiger partial charge in [0.05, 0.1) is 11.6 Å². The van der Waals surface area contributed by atoms with Crippen LogP contribution in [0.25, 0.3) is 0 Å². The first kappa shape index (κ1) is 19.8. The molecular formula is C25H27N5O. The number of piperidine rings is 1. The Kier molecular flexibility index (Phi) is 5.21. The second-order valence-corrected chi connectivity index (χ2v) is 8.79. The van der Waals surface area contributed by atoms with Crippen molar-refractivity contribution in [2.75, 3.05) is 19.6 Å². The first-order valence-corrected chi connectivity index (χ1v) is 11.1. The molecule has 6 nitrogen and oxygen atoms in total. The third kappa shape index (κ3) is 3.82. The molecule has 3 heterocycles. The van der Waals surface area contributed by atoms with Crippen LogP contribution in [0.5, 0.6) is 0 Å². The first-order chi connectivity index (χ1) is 15.2. The van der Waals surface area contributed by atoms with Gasteiger partial charge < -0.3 is 4.90 Å². The van der Waals surface area contributed by atoms with Gasteiger partial charge in [0, 0.05) is 32.7 Å². The van der Waals surface area contributed by atoms with E-state index in [1.807, 2.05) is 6.07 Å². The summed E-state index contributed by atoms with van der Waals surface area (Å²) in [4.78, 5) is 22.5. The normalized spacial score (nSPS) is 22.9. The second kappa shape index (κ2) is 8.16. The van der Waals surface area contributed by atoms with E-state index in [1.165, 1.54) is 16.7 Å². The van der Waals surface area contributed by atoms with Gasteiger partial charge in [-0.25, -0.2) is 4.99 Å². The number of carbonyl (C=O) groups is 1. The molecular weight excluding hydrogens is 386 g/mol. The van der Waals surface area contributed by atoms with Crippen molar-refractivity contribution in [1.29, 1.82) is 5.26 Å². The van der Waals surface area contributed by atoms with Gasteiger partial charge in [0.25, 0.3) is 0 Å². The van der Waals surface area contributed by atoms with Crippen molar-refractivity contribution < 1.29 is 4.79 Å². The number of amides is 1. The Morgan fingerprint density at radius 2 is 1.74 bits per heavy atom. The van der Waals surface area contributed by atoms with Crippen LogP contribution in [0.3, 0.4) is 0 Å². The number of guanidine groups is 1. The fraction of sp³-hybridized carbons (Fsp3) is 0.400. The fourth-order valence-electron chi connectivity index (χ4n) is 5.08. The van der Waals surface area contributed by atoms with E-state index in [9.17, 15) is 10.1 Å². The average Bonchev–Trinajstić information content (AvgIpc) is 2.81. The third-order valence-electron chi connectivity index (χ3n) is 6.89. The minimum atomic E-state index is -0.729. The smallest absolute Gasteiger partial charge is 0.246 e. The van der Waals surface area contributed by atoms with Crippen LogP contribution < -0.4 is 5.32 Å². The van der Waals surface area contributed by atoms with Gasteiger partial charge in [-0.3, -0.25) is 15.0 Å². The number of benzene rings is 2. The number of hydrogen-bond acceptors (Lipinski definition) is 5. The lowest BCUT2D eigenvalue weighted by Crippen LogP contribution is -2.60. The van der Waals surface area contributed by atoms with Crippen LogP contribution in [-0.2, 0) is 24.3 Å². The molecule has 5 rings (SSSR count). The zero-order chi connectivity index (χ0) is 21.3. The maximum Gasteiger partial charge on any atom is 0.246 e. The zero-order valence-corrected chi connectivity index (χ0v) is 17.6. The predicted molar refractivity (Wildman–Crippen MR) is 119 cm³/mol. The maximum absolute atomic E-state index is 12.9. The lowest BCUT2D eigenvalue weighted by Gasteiger charge is -2.45. The molecule has 0 aromatic heterocycles. The van der Waals surface area contributed by atoms with Crippen molar-refractivity contribution >= 4 is 11.9 Å². The number of fused-ring (bicyclic) bond motifs is 1. The van der Waals surface area contributed by atoms with E-state index in [1.54, 1.807) is 0 Å². The van der Waals surface area contributed by atoms with Crippen molar-refractivity contribution in [3.63, 3.8) is 0 Å². The zero-order valence-electron chi connectivity index (χ0n) is 17.6. The van der Waals surface area contributed by atoms with Crippen molar-refractivity contribution in [3.05, 3.63) is 71.3 Å². The van der Waals surface area contributed by atoms with Crippen molar-refractivity contribution in [2.24, 2.45) is 10.9 Å². The number of likely N-dealkylation sites (tertiary alicyclic amines) is 1. The lowest BCUT2D eigenvalue weighted by molar-refractivity contribution is -0.125. The van der Waals surface area contributed by atoms with Crippen LogP contribution in [0.4, 0.5) is 0 Å². The topological polar surface area (TPSA) is 71.7 Å². The van der Waals surface area contributed by atoms with E-state index in [2.05, 4.69) is 69.7 Å². The Hall–Kier alpha value is -3.17. The second-order valence-electron chi connectivity index (χ2n) is 8.79. The summed E-state index contributed by atoms with van der Waals surface area (Å²) in [6.45, 7) is 4.12. The summed E-state index contributed by atoms with van der Waals surface area (Å²) < 4.78 is 0. The number of nitriles is 1. The van der Waals surface area contributed by atoms with Crippen LogP contribution >= 0.6 is 0 Å². The van der Waals surface area contributed by atoms with E-state index in [4.69, 9.17) is 4.99 Å². The molecule has 6 heteroatoms. The van der Waals surface area contributed by atoms with Crippen molar-refractivity contribution in [3.8, 4) is 6.07 Å². The molecule has 0 saturated carbocycles.